The van der Waals surface area contributed by atoms with E-state index >= 15 is 0 Å². The Morgan fingerprint density at radius 2 is 1.79 bits per heavy atom. The van der Waals surface area contributed by atoms with Crippen LogP contribution >= 0.6 is 0 Å². The molecule has 2 fully saturated rings. The van der Waals surface area contributed by atoms with Crippen LogP contribution in [-0.2, 0) is 4.74 Å². The van der Waals surface area contributed by atoms with Gasteiger partial charge in [-0.25, -0.2) is 0 Å². The first-order valence-corrected chi connectivity index (χ1v) is 10.2. The van der Waals surface area contributed by atoms with Gasteiger partial charge in [-0.1, -0.05) is 13.8 Å². The van der Waals surface area contributed by atoms with Crippen LogP contribution < -0.4 is 14.4 Å². The quantitative estimate of drug-likeness (QED) is 0.780. The van der Waals surface area contributed by atoms with Crippen molar-refractivity contribution in [1.29, 1.82) is 0 Å². The highest BCUT2D eigenvalue weighted by Gasteiger charge is 2.25. The van der Waals surface area contributed by atoms with Crippen molar-refractivity contribution in [3.05, 3.63) is 18.3 Å². The maximum absolute atomic E-state index is 6.02. The highest BCUT2D eigenvalue weighted by Crippen LogP contribution is 2.35. The number of rotatable bonds is 5. The zero-order valence-electron chi connectivity index (χ0n) is 17.5. The van der Waals surface area contributed by atoms with Gasteiger partial charge in [0.1, 0.15) is 0 Å². The summed E-state index contributed by atoms with van der Waals surface area (Å²) in [7, 11) is 3.28. The van der Waals surface area contributed by atoms with E-state index in [1.807, 2.05) is 32.2 Å². The maximum Gasteiger partial charge on any atom is 0.162 e. The third-order valence-corrected chi connectivity index (χ3v) is 5.26. The van der Waals surface area contributed by atoms with Gasteiger partial charge in [0.2, 0.25) is 0 Å². The summed E-state index contributed by atoms with van der Waals surface area (Å²) in [6, 6.07) is 3.87. The Kier molecular flexibility index (Phi) is 7.28. The number of benzene rings is 1. The molecule has 7 nitrogen and oxygen atoms in total. The lowest BCUT2D eigenvalue weighted by atomic mass is 10.1. The van der Waals surface area contributed by atoms with E-state index in [-0.39, 0.29) is 6.10 Å². The summed E-state index contributed by atoms with van der Waals surface area (Å²) in [5.41, 5.74) is 1.88. The van der Waals surface area contributed by atoms with Crippen LogP contribution in [0.2, 0.25) is 0 Å². The molecule has 0 N–H and O–H groups in total. The average molecular weight is 389 g/mol. The molecule has 4 rings (SSSR count). The largest absolute Gasteiger partial charge is 0.493 e. The van der Waals surface area contributed by atoms with Crippen LogP contribution in [0.15, 0.2) is 18.3 Å². The summed E-state index contributed by atoms with van der Waals surface area (Å²) in [4.78, 5) is 4.86. The third-order valence-electron chi connectivity index (χ3n) is 5.26. The SMILES string of the molecule is CC.COc1cc2nncc(N3CCOC(CN4CCCC4)C3)c2cc1OC. The number of hydrogen-bond acceptors (Lipinski definition) is 7. The molecule has 3 heterocycles. The number of morpholine rings is 1. The fourth-order valence-electron chi connectivity index (χ4n) is 3.93. The van der Waals surface area contributed by atoms with Gasteiger partial charge in [0.05, 0.1) is 44.3 Å². The molecule has 0 radical (unpaired) electrons. The molecule has 28 heavy (non-hydrogen) atoms. The molecule has 1 unspecified atom stereocenters. The predicted molar refractivity (Wildman–Crippen MR) is 112 cm³/mol. The van der Waals surface area contributed by atoms with Gasteiger partial charge in [-0.3, -0.25) is 0 Å². The molecule has 1 atom stereocenters. The molecule has 0 saturated carbocycles. The second-order valence-corrected chi connectivity index (χ2v) is 6.90. The number of methoxy groups -OCH3 is 2. The van der Waals surface area contributed by atoms with Gasteiger partial charge in [0.15, 0.2) is 11.5 Å². The lowest BCUT2D eigenvalue weighted by Gasteiger charge is -2.36. The second kappa shape index (κ2) is 9.89. The van der Waals surface area contributed by atoms with E-state index in [1.165, 1.54) is 25.9 Å². The minimum absolute atomic E-state index is 0.227. The molecule has 2 aromatic rings. The van der Waals surface area contributed by atoms with Crippen molar-refractivity contribution >= 4 is 16.6 Å². The molecular formula is C21H32N4O3. The molecule has 154 valence electrons. The molecule has 0 aliphatic carbocycles. The summed E-state index contributed by atoms with van der Waals surface area (Å²) >= 11 is 0. The summed E-state index contributed by atoms with van der Waals surface area (Å²) < 4.78 is 16.9. The molecule has 0 spiro atoms. The molecule has 7 heteroatoms. The fraction of sp³-hybridized carbons (Fsp3) is 0.619. The number of fused-ring (bicyclic) bond motifs is 1. The first-order chi connectivity index (χ1) is 13.8. The van der Waals surface area contributed by atoms with Gasteiger partial charge < -0.3 is 24.0 Å². The summed E-state index contributed by atoms with van der Waals surface area (Å²) in [5.74, 6) is 1.37. The Labute approximate surface area is 167 Å². The number of nitrogens with zero attached hydrogens (tertiary/aromatic N) is 4. The van der Waals surface area contributed by atoms with Crippen LogP contribution in [-0.4, -0.2) is 74.8 Å². The Morgan fingerprint density at radius 1 is 1.07 bits per heavy atom. The zero-order valence-corrected chi connectivity index (χ0v) is 17.5. The van der Waals surface area contributed by atoms with Crippen molar-refractivity contribution in [2.24, 2.45) is 0 Å². The number of aromatic nitrogens is 2. The van der Waals surface area contributed by atoms with Gasteiger partial charge in [-0.2, -0.15) is 10.2 Å². The minimum Gasteiger partial charge on any atom is -0.493 e. The summed E-state index contributed by atoms with van der Waals surface area (Å²) in [6.45, 7) is 9.84. The van der Waals surface area contributed by atoms with Gasteiger partial charge in [0, 0.05) is 31.1 Å². The molecular weight excluding hydrogens is 356 g/mol. The molecule has 0 amide bonds. The van der Waals surface area contributed by atoms with Crippen LogP contribution in [0.5, 0.6) is 11.5 Å². The van der Waals surface area contributed by atoms with Crippen LogP contribution in [0.3, 0.4) is 0 Å². The highest BCUT2D eigenvalue weighted by molar-refractivity contribution is 5.93. The molecule has 2 saturated heterocycles. The van der Waals surface area contributed by atoms with E-state index < -0.39 is 0 Å². The highest BCUT2D eigenvalue weighted by atomic mass is 16.5. The summed E-state index contributed by atoms with van der Waals surface area (Å²) in [6.07, 6.45) is 4.67. The maximum atomic E-state index is 6.02. The van der Waals surface area contributed by atoms with Crippen molar-refractivity contribution in [2.75, 3.05) is 58.5 Å². The van der Waals surface area contributed by atoms with Crippen molar-refractivity contribution in [2.45, 2.75) is 32.8 Å². The van der Waals surface area contributed by atoms with E-state index in [2.05, 4.69) is 20.0 Å². The topological polar surface area (TPSA) is 60.0 Å². The van der Waals surface area contributed by atoms with E-state index in [9.17, 15) is 0 Å². The third kappa shape index (κ3) is 4.47. The van der Waals surface area contributed by atoms with Crippen molar-refractivity contribution in [1.82, 2.24) is 15.1 Å². The predicted octanol–water partition coefficient (Wildman–Crippen LogP) is 2.97. The van der Waals surface area contributed by atoms with Crippen LogP contribution in [0.1, 0.15) is 26.7 Å². The minimum atomic E-state index is 0.227. The van der Waals surface area contributed by atoms with Crippen LogP contribution in [0, 0.1) is 0 Å². The zero-order chi connectivity index (χ0) is 19.9. The van der Waals surface area contributed by atoms with E-state index in [0.29, 0.717) is 11.5 Å². The van der Waals surface area contributed by atoms with Gasteiger partial charge >= 0.3 is 0 Å². The monoisotopic (exact) mass is 388 g/mol. The number of ether oxygens (including phenoxy) is 3. The first kappa shape index (κ1) is 20.6. The Hall–Kier alpha value is -2.12. The smallest absolute Gasteiger partial charge is 0.162 e. The number of hydrogen-bond donors (Lipinski definition) is 0. The van der Waals surface area contributed by atoms with Crippen molar-refractivity contribution in [3.63, 3.8) is 0 Å². The number of anilines is 1. The molecule has 0 bridgehead atoms. The van der Waals surface area contributed by atoms with Crippen molar-refractivity contribution in [3.8, 4) is 11.5 Å². The van der Waals surface area contributed by atoms with E-state index in [0.717, 1.165) is 42.8 Å². The van der Waals surface area contributed by atoms with Gasteiger partial charge in [-0.15, -0.1) is 0 Å². The van der Waals surface area contributed by atoms with E-state index in [1.54, 1.807) is 14.2 Å². The average Bonchev–Trinajstić information content (AvgIpc) is 3.27. The Bertz CT molecular complexity index is 765. The molecule has 1 aromatic heterocycles. The Morgan fingerprint density at radius 3 is 2.50 bits per heavy atom. The lowest BCUT2D eigenvalue weighted by molar-refractivity contribution is 0.0202. The van der Waals surface area contributed by atoms with Gasteiger partial charge in [0.25, 0.3) is 0 Å². The normalized spacial score (nSPS) is 20.0. The standard InChI is InChI=1S/C19H26N4O3.C2H6/c1-24-18-9-15-16(10-19(18)25-2)21-20-11-17(15)23-7-8-26-14(13-23)12-22-5-3-4-6-22;1-2/h9-11,14H,3-8,12-13H2,1-2H3;1-2H3. The number of likely N-dealkylation sites (tertiary alicyclic amines) is 1. The van der Waals surface area contributed by atoms with E-state index in [4.69, 9.17) is 14.2 Å². The molecule has 2 aliphatic heterocycles. The van der Waals surface area contributed by atoms with Crippen LogP contribution in [0.4, 0.5) is 5.69 Å². The summed E-state index contributed by atoms with van der Waals surface area (Å²) in [5, 5.41) is 9.51. The van der Waals surface area contributed by atoms with Crippen molar-refractivity contribution < 1.29 is 14.2 Å². The van der Waals surface area contributed by atoms with Crippen LogP contribution in [0.25, 0.3) is 10.9 Å². The lowest BCUT2D eigenvalue weighted by Crippen LogP contribution is -2.47. The molecule has 2 aliphatic rings. The Balaban J connectivity index is 0.00000109. The fourth-order valence-corrected chi connectivity index (χ4v) is 3.93. The molecule has 1 aromatic carbocycles. The first-order valence-electron chi connectivity index (χ1n) is 10.2. The second-order valence-electron chi connectivity index (χ2n) is 6.90. The van der Waals surface area contributed by atoms with Gasteiger partial charge in [-0.05, 0) is 32.0 Å².